The lowest BCUT2D eigenvalue weighted by Crippen LogP contribution is -2.26. The fourth-order valence-corrected chi connectivity index (χ4v) is 2.32. The van der Waals surface area contributed by atoms with Crippen LogP contribution in [0.4, 0.5) is 0 Å². The second-order valence-corrected chi connectivity index (χ2v) is 5.27. The number of hydrogen-bond donors (Lipinski definition) is 1. The lowest BCUT2D eigenvalue weighted by atomic mass is 10.2. The molecule has 1 aromatic carbocycles. The van der Waals surface area contributed by atoms with Crippen LogP contribution in [0.15, 0.2) is 34.7 Å². The van der Waals surface area contributed by atoms with Gasteiger partial charge >= 0.3 is 5.97 Å². The van der Waals surface area contributed by atoms with Crippen LogP contribution < -0.4 is 0 Å². The quantitative estimate of drug-likeness (QED) is 0.915. The Morgan fingerprint density at radius 2 is 2.00 bits per heavy atom. The fourth-order valence-electron chi connectivity index (χ4n) is 2.12. The van der Waals surface area contributed by atoms with Crippen molar-refractivity contribution in [3.05, 3.63) is 58.0 Å². The largest absolute Gasteiger partial charge is 0.478 e. The minimum atomic E-state index is -1.10. The van der Waals surface area contributed by atoms with Crippen LogP contribution in [0.3, 0.4) is 0 Å². The maximum atomic E-state index is 12.4. The van der Waals surface area contributed by atoms with Gasteiger partial charge in [-0.1, -0.05) is 36.7 Å². The molecular weight excluding hydrogens is 306 g/mol. The Hall–Kier alpha value is -2.27. The van der Waals surface area contributed by atoms with E-state index in [2.05, 4.69) is 0 Å². The highest BCUT2D eigenvalue weighted by Crippen LogP contribution is 2.20. The van der Waals surface area contributed by atoms with E-state index < -0.39 is 5.97 Å². The Bertz CT molecular complexity index is 708. The Labute approximate surface area is 133 Å². The van der Waals surface area contributed by atoms with Crippen molar-refractivity contribution in [2.45, 2.75) is 19.9 Å². The van der Waals surface area contributed by atoms with Gasteiger partial charge in [-0.25, -0.2) is 4.79 Å². The molecule has 1 heterocycles. The number of halogens is 1. The molecule has 5 nitrogen and oxygen atoms in total. The van der Waals surface area contributed by atoms with Crippen LogP contribution in [0.5, 0.6) is 0 Å². The number of benzene rings is 1. The molecule has 0 aliphatic heterocycles. The van der Waals surface area contributed by atoms with Crippen molar-refractivity contribution in [2.75, 3.05) is 7.05 Å². The third kappa shape index (κ3) is 3.31. The van der Waals surface area contributed by atoms with Crippen LogP contribution in [0.2, 0.25) is 5.02 Å². The van der Waals surface area contributed by atoms with Gasteiger partial charge in [0.1, 0.15) is 11.3 Å². The van der Waals surface area contributed by atoms with Crippen molar-refractivity contribution >= 4 is 23.5 Å². The first kappa shape index (κ1) is 16.1. The molecule has 1 N–H and O–H groups in total. The van der Waals surface area contributed by atoms with Crippen molar-refractivity contribution in [2.24, 2.45) is 0 Å². The lowest BCUT2D eigenvalue weighted by Gasteiger charge is -2.16. The summed E-state index contributed by atoms with van der Waals surface area (Å²) in [6.45, 7) is 2.08. The number of carbonyl (C=O) groups is 2. The zero-order chi connectivity index (χ0) is 16.3. The zero-order valence-corrected chi connectivity index (χ0v) is 13.1. The first-order valence-corrected chi connectivity index (χ1v) is 7.16. The average Bonchev–Trinajstić information content (AvgIpc) is 2.93. The minimum absolute atomic E-state index is 0.0174. The molecule has 6 heteroatoms. The van der Waals surface area contributed by atoms with Crippen molar-refractivity contribution in [1.82, 2.24) is 4.90 Å². The highest BCUT2D eigenvalue weighted by Gasteiger charge is 2.22. The number of carboxylic acid groups (broad SMARTS) is 1. The third-order valence-corrected chi connectivity index (χ3v) is 3.65. The van der Waals surface area contributed by atoms with Gasteiger partial charge in [0.05, 0.1) is 0 Å². The summed E-state index contributed by atoms with van der Waals surface area (Å²) in [5, 5.41) is 9.67. The SMILES string of the molecule is CCc1oc(C(=O)N(C)Cc2ccccc2Cl)cc1C(=O)O. The molecule has 116 valence electrons. The summed E-state index contributed by atoms with van der Waals surface area (Å²) < 4.78 is 5.37. The van der Waals surface area contributed by atoms with E-state index in [4.69, 9.17) is 21.1 Å². The molecule has 2 aromatic rings. The molecule has 2 rings (SSSR count). The molecular formula is C16H16ClNO4. The van der Waals surface area contributed by atoms with Crippen LogP contribution in [0, 0.1) is 0 Å². The van der Waals surface area contributed by atoms with E-state index in [1.807, 2.05) is 18.2 Å². The average molecular weight is 322 g/mol. The molecule has 0 atom stereocenters. The fraction of sp³-hybridized carbons (Fsp3) is 0.250. The standard InChI is InChI=1S/C16H16ClNO4/c1-3-13-11(16(20)21)8-14(22-13)15(19)18(2)9-10-6-4-5-7-12(10)17/h4-8H,3,9H2,1-2H3,(H,20,21). The van der Waals surface area contributed by atoms with Gasteiger partial charge in [-0.15, -0.1) is 0 Å². The third-order valence-electron chi connectivity index (χ3n) is 3.28. The van der Waals surface area contributed by atoms with Crippen LogP contribution in [-0.4, -0.2) is 28.9 Å². The van der Waals surface area contributed by atoms with E-state index in [0.29, 0.717) is 23.7 Å². The Balaban J connectivity index is 2.21. The van der Waals surface area contributed by atoms with E-state index in [0.717, 1.165) is 5.56 Å². The predicted octanol–water partition coefficient (Wildman–Crippen LogP) is 3.47. The van der Waals surface area contributed by atoms with Gasteiger partial charge in [0.15, 0.2) is 5.76 Å². The molecule has 0 fully saturated rings. The Morgan fingerprint density at radius 3 is 2.55 bits per heavy atom. The van der Waals surface area contributed by atoms with Crippen LogP contribution >= 0.6 is 11.6 Å². The van der Waals surface area contributed by atoms with E-state index in [-0.39, 0.29) is 17.2 Å². The number of nitrogens with zero attached hydrogens (tertiary/aromatic N) is 1. The molecule has 1 aromatic heterocycles. The number of hydrogen-bond acceptors (Lipinski definition) is 3. The zero-order valence-electron chi connectivity index (χ0n) is 12.3. The first-order valence-electron chi connectivity index (χ1n) is 6.79. The van der Waals surface area contributed by atoms with Gasteiger partial charge in [0, 0.05) is 31.1 Å². The van der Waals surface area contributed by atoms with Gasteiger partial charge in [-0.3, -0.25) is 4.79 Å². The summed E-state index contributed by atoms with van der Waals surface area (Å²) in [5.41, 5.74) is 0.831. The monoisotopic (exact) mass is 321 g/mol. The maximum Gasteiger partial charge on any atom is 0.339 e. The van der Waals surface area contributed by atoms with Crippen LogP contribution in [-0.2, 0) is 13.0 Å². The second-order valence-electron chi connectivity index (χ2n) is 4.86. The molecule has 0 bridgehead atoms. The van der Waals surface area contributed by atoms with Gasteiger partial charge in [-0.2, -0.15) is 0 Å². The normalized spacial score (nSPS) is 10.5. The molecule has 0 saturated carbocycles. The topological polar surface area (TPSA) is 70.8 Å². The van der Waals surface area contributed by atoms with Crippen molar-refractivity contribution in [3.8, 4) is 0 Å². The molecule has 0 spiro atoms. The summed E-state index contributed by atoms with van der Waals surface area (Å²) in [4.78, 5) is 24.9. The lowest BCUT2D eigenvalue weighted by molar-refractivity contribution is 0.0693. The van der Waals surface area contributed by atoms with E-state index in [9.17, 15) is 9.59 Å². The second kappa shape index (κ2) is 6.66. The summed E-state index contributed by atoms with van der Waals surface area (Å²) >= 11 is 6.07. The summed E-state index contributed by atoms with van der Waals surface area (Å²) in [6, 6.07) is 8.50. The van der Waals surface area contributed by atoms with E-state index in [1.165, 1.54) is 11.0 Å². The highest BCUT2D eigenvalue weighted by molar-refractivity contribution is 6.31. The number of aromatic carboxylic acids is 1. The molecule has 0 unspecified atom stereocenters. The number of furan rings is 1. The van der Waals surface area contributed by atoms with E-state index >= 15 is 0 Å². The number of carbonyl (C=O) groups excluding carboxylic acids is 1. The van der Waals surface area contributed by atoms with Crippen molar-refractivity contribution < 1.29 is 19.1 Å². The molecule has 0 radical (unpaired) electrons. The number of amides is 1. The highest BCUT2D eigenvalue weighted by atomic mass is 35.5. The minimum Gasteiger partial charge on any atom is -0.478 e. The van der Waals surface area contributed by atoms with Crippen LogP contribution in [0.25, 0.3) is 0 Å². The summed E-state index contributed by atoms with van der Waals surface area (Å²) in [5.74, 6) is -1.18. The molecule has 0 saturated heterocycles. The van der Waals surface area contributed by atoms with Crippen LogP contribution in [0.1, 0.15) is 39.2 Å². The van der Waals surface area contributed by atoms with Gasteiger partial charge in [0.2, 0.25) is 0 Å². The summed E-state index contributed by atoms with van der Waals surface area (Å²) in [7, 11) is 1.61. The first-order chi connectivity index (χ1) is 10.4. The predicted molar refractivity (Wildman–Crippen MR) is 82.3 cm³/mol. The van der Waals surface area contributed by atoms with Crippen molar-refractivity contribution in [3.63, 3.8) is 0 Å². The number of rotatable bonds is 5. The smallest absolute Gasteiger partial charge is 0.339 e. The molecule has 0 aliphatic carbocycles. The number of carboxylic acids is 1. The molecule has 22 heavy (non-hydrogen) atoms. The summed E-state index contributed by atoms with van der Waals surface area (Å²) in [6.07, 6.45) is 0.406. The Morgan fingerprint density at radius 1 is 1.32 bits per heavy atom. The molecule has 1 amide bonds. The number of aryl methyl sites for hydroxylation is 1. The van der Waals surface area contributed by atoms with Crippen molar-refractivity contribution in [1.29, 1.82) is 0 Å². The van der Waals surface area contributed by atoms with Gasteiger partial charge in [0.25, 0.3) is 5.91 Å². The maximum absolute atomic E-state index is 12.4. The van der Waals surface area contributed by atoms with E-state index in [1.54, 1.807) is 20.0 Å². The molecule has 0 aliphatic rings. The van der Waals surface area contributed by atoms with Gasteiger partial charge < -0.3 is 14.4 Å². The Kier molecular flexibility index (Phi) is 4.88. The van der Waals surface area contributed by atoms with Gasteiger partial charge in [-0.05, 0) is 11.6 Å².